The van der Waals surface area contributed by atoms with Gasteiger partial charge in [0, 0.05) is 18.0 Å². The first kappa shape index (κ1) is 18.6. The predicted octanol–water partition coefficient (Wildman–Crippen LogP) is 5.95. The van der Waals surface area contributed by atoms with Gasteiger partial charge in [0.05, 0.1) is 11.8 Å². The number of rotatable bonds is 6. The molecule has 1 aliphatic carbocycles. The lowest BCUT2D eigenvalue weighted by Crippen LogP contribution is -2.26. The Bertz CT molecular complexity index is 473. The first-order chi connectivity index (χ1) is 10.8. The smallest absolute Gasteiger partial charge is 0.123 e. The number of nitrogens with zero attached hydrogens (tertiary/aromatic N) is 1. The lowest BCUT2D eigenvalue weighted by atomic mass is 9.70. The van der Waals surface area contributed by atoms with Crippen LogP contribution in [0.1, 0.15) is 66.0 Å². The summed E-state index contributed by atoms with van der Waals surface area (Å²) < 4.78 is 5.75. The molecule has 1 aliphatic rings. The number of hydrogen-bond acceptors (Lipinski definition) is 3. The second kappa shape index (κ2) is 8.41. The van der Waals surface area contributed by atoms with Gasteiger partial charge in [0.1, 0.15) is 5.75 Å². The fraction of sp³-hybridized carbons (Fsp3) is 0.750. The molecule has 2 rings (SSSR count). The van der Waals surface area contributed by atoms with E-state index >= 15 is 0 Å². The Hall–Kier alpha value is -0.700. The van der Waals surface area contributed by atoms with E-state index in [4.69, 9.17) is 4.74 Å². The molecule has 1 fully saturated rings. The second-order valence-electron chi connectivity index (χ2n) is 8.25. The van der Waals surface area contributed by atoms with Crippen LogP contribution in [0.3, 0.4) is 0 Å². The van der Waals surface area contributed by atoms with Crippen LogP contribution in [-0.4, -0.2) is 16.8 Å². The molecule has 0 bridgehead atoms. The maximum Gasteiger partial charge on any atom is 0.123 e. The van der Waals surface area contributed by atoms with E-state index in [1.165, 1.54) is 31.4 Å². The monoisotopic (exact) mass is 335 g/mol. The lowest BCUT2D eigenvalue weighted by Gasteiger charge is -2.36. The van der Waals surface area contributed by atoms with Gasteiger partial charge in [0.25, 0.3) is 0 Å². The average Bonchev–Trinajstić information content (AvgIpc) is 2.46. The van der Waals surface area contributed by atoms with Gasteiger partial charge in [-0.1, -0.05) is 20.8 Å². The van der Waals surface area contributed by atoms with E-state index in [9.17, 15) is 0 Å². The van der Waals surface area contributed by atoms with Gasteiger partial charge in [-0.15, -0.1) is 0 Å². The molecule has 130 valence electrons. The number of aromatic nitrogens is 1. The first-order valence-corrected chi connectivity index (χ1v) is 10.2. The molecule has 0 N–H and O–H groups in total. The highest BCUT2D eigenvalue weighted by molar-refractivity contribution is 7.98. The van der Waals surface area contributed by atoms with Crippen molar-refractivity contribution in [2.75, 3.05) is 5.75 Å². The number of thioether (sulfide) groups is 1. The molecular weight excluding hydrogens is 302 g/mol. The molecule has 0 atom stereocenters. The van der Waals surface area contributed by atoms with Crippen LogP contribution in [0.2, 0.25) is 0 Å². The predicted molar refractivity (Wildman–Crippen MR) is 101 cm³/mol. The molecule has 0 radical (unpaired) electrons. The minimum absolute atomic E-state index is 0.218. The normalized spacial score (nSPS) is 22.3. The van der Waals surface area contributed by atoms with E-state index in [0.29, 0.717) is 5.41 Å². The van der Waals surface area contributed by atoms with Crippen LogP contribution in [0.4, 0.5) is 0 Å². The topological polar surface area (TPSA) is 22.1 Å². The molecule has 0 unspecified atom stereocenters. The minimum Gasteiger partial charge on any atom is -0.491 e. The van der Waals surface area contributed by atoms with Gasteiger partial charge in [0.15, 0.2) is 0 Å². The highest BCUT2D eigenvalue weighted by Crippen LogP contribution is 2.40. The Balaban J connectivity index is 1.72. The van der Waals surface area contributed by atoms with Gasteiger partial charge in [-0.3, -0.25) is 4.98 Å². The summed E-state index contributed by atoms with van der Waals surface area (Å²) in [6.45, 7) is 11.3. The third kappa shape index (κ3) is 6.37. The third-order valence-corrected chi connectivity index (χ3v) is 6.04. The van der Waals surface area contributed by atoms with Crippen LogP contribution >= 0.6 is 11.8 Å². The highest BCUT2D eigenvalue weighted by atomic mass is 32.2. The van der Waals surface area contributed by atoms with Crippen molar-refractivity contribution in [2.45, 2.75) is 72.2 Å². The number of ether oxygens (including phenoxy) is 1. The Morgan fingerprint density at radius 1 is 1.22 bits per heavy atom. The summed E-state index contributed by atoms with van der Waals surface area (Å²) in [6.07, 6.45) is 7.70. The lowest BCUT2D eigenvalue weighted by molar-refractivity contribution is 0.157. The van der Waals surface area contributed by atoms with Crippen molar-refractivity contribution in [1.82, 2.24) is 4.98 Å². The Morgan fingerprint density at radius 3 is 2.52 bits per heavy atom. The molecule has 0 aromatic carbocycles. The fourth-order valence-corrected chi connectivity index (χ4v) is 4.56. The van der Waals surface area contributed by atoms with Gasteiger partial charge in [-0.05, 0) is 68.6 Å². The standard InChI is InChI=1S/C20H33NOS/c1-15(2)22-19-10-11-21-18(12-19)14-23-13-16-6-8-17(9-7-16)20(3,4)5/h10-12,15-17H,6-9,13-14H2,1-5H3. The molecule has 0 amide bonds. The van der Waals surface area contributed by atoms with E-state index in [0.717, 1.165) is 29.0 Å². The van der Waals surface area contributed by atoms with Gasteiger partial charge in [-0.25, -0.2) is 0 Å². The molecule has 23 heavy (non-hydrogen) atoms. The molecule has 0 saturated heterocycles. The SMILES string of the molecule is CC(C)Oc1ccnc(CSCC2CCC(C(C)(C)C)CC2)c1. The largest absolute Gasteiger partial charge is 0.491 e. The van der Waals surface area contributed by atoms with Gasteiger partial charge < -0.3 is 4.74 Å². The van der Waals surface area contributed by atoms with Crippen LogP contribution in [0.25, 0.3) is 0 Å². The molecule has 1 saturated carbocycles. The molecule has 1 aromatic rings. The van der Waals surface area contributed by atoms with Crippen molar-refractivity contribution in [2.24, 2.45) is 17.3 Å². The minimum atomic E-state index is 0.218. The van der Waals surface area contributed by atoms with Crippen LogP contribution in [-0.2, 0) is 5.75 Å². The van der Waals surface area contributed by atoms with Crippen LogP contribution < -0.4 is 4.74 Å². The van der Waals surface area contributed by atoms with Gasteiger partial charge in [-0.2, -0.15) is 11.8 Å². The van der Waals surface area contributed by atoms with Crippen molar-refractivity contribution in [3.05, 3.63) is 24.0 Å². The zero-order chi connectivity index (χ0) is 16.9. The molecule has 1 heterocycles. The highest BCUT2D eigenvalue weighted by Gasteiger charge is 2.29. The average molecular weight is 336 g/mol. The van der Waals surface area contributed by atoms with E-state index in [1.807, 2.05) is 24.0 Å². The van der Waals surface area contributed by atoms with Crippen molar-refractivity contribution >= 4 is 11.8 Å². The van der Waals surface area contributed by atoms with Crippen molar-refractivity contribution in [3.63, 3.8) is 0 Å². The maximum atomic E-state index is 5.75. The zero-order valence-electron chi connectivity index (χ0n) is 15.5. The van der Waals surface area contributed by atoms with E-state index < -0.39 is 0 Å². The molecule has 3 heteroatoms. The quantitative estimate of drug-likeness (QED) is 0.641. The van der Waals surface area contributed by atoms with E-state index in [1.54, 1.807) is 0 Å². The number of pyridine rings is 1. The Morgan fingerprint density at radius 2 is 1.91 bits per heavy atom. The molecule has 1 aromatic heterocycles. The third-order valence-electron chi connectivity index (χ3n) is 4.83. The zero-order valence-corrected chi connectivity index (χ0v) is 16.3. The summed E-state index contributed by atoms with van der Waals surface area (Å²) in [5, 5.41) is 0. The number of hydrogen-bond donors (Lipinski definition) is 0. The molecule has 0 spiro atoms. The Kier molecular flexibility index (Phi) is 6.82. The van der Waals surface area contributed by atoms with E-state index in [-0.39, 0.29) is 6.10 Å². The van der Waals surface area contributed by atoms with Crippen LogP contribution in [0.5, 0.6) is 5.75 Å². The second-order valence-corrected chi connectivity index (χ2v) is 9.28. The van der Waals surface area contributed by atoms with Crippen molar-refractivity contribution in [1.29, 1.82) is 0 Å². The Labute approximate surface area is 146 Å². The molecular formula is C20H33NOS. The van der Waals surface area contributed by atoms with E-state index in [2.05, 4.69) is 45.7 Å². The summed E-state index contributed by atoms with van der Waals surface area (Å²) in [7, 11) is 0. The molecule has 2 nitrogen and oxygen atoms in total. The van der Waals surface area contributed by atoms with Crippen molar-refractivity contribution < 1.29 is 4.74 Å². The van der Waals surface area contributed by atoms with Gasteiger partial charge in [0.2, 0.25) is 0 Å². The van der Waals surface area contributed by atoms with Crippen LogP contribution in [0, 0.1) is 17.3 Å². The maximum absolute atomic E-state index is 5.75. The molecule has 0 aliphatic heterocycles. The van der Waals surface area contributed by atoms with Crippen LogP contribution in [0.15, 0.2) is 18.3 Å². The van der Waals surface area contributed by atoms with Crippen molar-refractivity contribution in [3.8, 4) is 5.75 Å². The summed E-state index contributed by atoms with van der Waals surface area (Å²) in [6, 6.07) is 4.03. The fourth-order valence-electron chi connectivity index (χ4n) is 3.41. The van der Waals surface area contributed by atoms with Gasteiger partial charge >= 0.3 is 0 Å². The first-order valence-electron chi connectivity index (χ1n) is 9.04. The summed E-state index contributed by atoms with van der Waals surface area (Å²) in [5.74, 6) is 5.02. The summed E-state index contributed by atoms with van der Waals surface area (Å²) in [4.78, 5) is 4.47. The summed E-state index contributed by atoms with van der Waals surface area (Å²) >= 11 is 2.03. The summed E-state index contributed by atoms with van der Waals surface area (Å²) in [5.41, 5.74) is 1.62.